The van der Waals surface area contributed by atoms with Crippen LogP contribution >= 0.6 is 0 Å². The van der Waals surface area contributed by atoms with Crippen molar-refractivity contribution in [3.8, 4) is 0 Å². The number of fused-ring (bicyclic) bond motifs is 3. The molecule has 2 aromatic heterocycles. The van der Waals surface area contributed by atoms with Gasteiger partial charge in [-0.25, -0.2) is 9.97 Å². The number of benzene rings is 1. The van der Waals surface area contributed by atoms with Gasteiger partial charge in [-0.05, 0) is 18.2 Å². The molecule has 2 heterocycles. The van der Waals surface area contributed by atoms with E-state index in [1.54, 1.807) is 12.5 Å². The summed E-state index contributed by atoms with van der Waals surface area (Å²) >= 11 is 0. The molecule has 1 aromatic carbocycles. The van der Waals surface area contributed by atoms with Crippen LogP contribution in [0.5, 0.6) is 0 Å². The number of imidazole rings is 1. The molecule has 0 radical (unpaired) electrons. The van der Waals surface area contributed by atoms with Crippen LogP contribution in [0.2, 0.25) is 0 Å². The van der Waals surface area contributed by atoms with Crippen molar-refractivity contribution in [3.63, 3.8) is 0 Å². The summed E-state index contributed by atoms with van der Waals surface area (Å²) in [6.07, 6.45) is 3.36. The van der Waals surface area contributed by atoms with E-state index in [0.717, 1.165) is 21.9 Å². The Labute approximate surface area is 80.5 Å². The quantitative estimate of drug-likeness (QED) is 0.533. The minimum atomic E-state index is 0.922. The van der Waals surface area contributed by atoms with Crippen LogP contribution in [0.4, 0.5) is 0 Å². The van der Waals surface area contributed by atoms with Gasteiger partial charge in [0.15, 0.2) is 0 Å². The second kappa shape index (κ2) is 2.73. The summed E-state index contributed by atoms with van der Waals surface area (Å²) in [6.45, 7) is 0. The molecule has 0 aliphatic carbocycles. The van der Waals surface area contributed by atoms with Gasteiger partial charge < -0.3 is 0 Å². The van der Waals surface area contributed by atoms with Crippen molar-refractivity contribution in [2.24, 2.45) is 0 Å². The van der Waals surface area contributed by atoms with Gasteiger partial charge in [0.2, 0.25) is 0 Å². The van der Waals surface area contributed by atoms with Crippen LogP contribution in [-0.4, -0.2) is 15.0 Å². The molecule has 3 aromatic rings. The molecule has 0 aliphatic heterocycles. The first-order chi connectivity index (χ1) is 6.95. The lowest BCUT2D eigenvalue weighted by Gasteiger charge is -1.91. The maximum Gasteiger partial charge on any atom is 0.116 e. The number of nitrogens with zero attached hydrogens (tertiary/aromatic N) is 3. The fourth-order valence-electron chi connectivity index (χ4n) is 1.58. The third-order valence-corrected chi connectivity index (χ3v) is 2.23. The minimum absolute atomic E-state index is 0.922. The highest BCUT2D eigenvalue weighted by atomic mass is 14.9. The fourth-order valence-corrected chi connectivity index (χ4v) is 1.58. The highest BCUT2D eigenvalue weighted by Crippen LogP contribution is 2.19. The van der Waals surface area contributed by atoms with Crippen LogP contribution in [0.25, 0.3) is 21.9 Å². The Kier molecular flexibility index (Phi) is 1.44. The van der Waals surface area contributed by atoms with Gasteiger partial charge in [-0.1, -0.05) is 12.1 Å². The van der Waals surface area contributed by atoms with Gasteiger partial charge in [0, 0.05) is 11.6 Å². The lowest BCUT2D eigenvalue weighted by Crippen LogP contribution is -1.74. The van der Waals surface area contributed by atoms with Crippen LogP contribution in [-0.2, 0) is 0 Å². The van der Waals surface area contributed by atoms with Gasteiger partial charge in [0.05, 0.1) is 16.6 Å². The first-order valence-electron chi connectivity index (χ1n) is 4.39. The molecule has 0 N–H and O–H groups in total. The van der Waals surface area contributed by atoms with E-state index >= 15 is 0 Å². The molecule has 0 spiro atoms. The van der Waals surface area contributed by atoms with Gasteiger partial charge >= 0.3 is 0 Å². The van der Waals surface area contributed by atoms with Gasteiger partial charge in [-0.3, -0.25) is 4.98 Å². The topological polar surface area (TPSA) is 38.7 Å². The minimum Gasteiger partial charge on any atom is -0.256 e. The molecule has 3 nitrogen and oxygen atoms in total. The summed E-state index contributed by atoms with van der Waals surface area (Å²) in [5, 5.41) is 1.05. The smallest absolute Gasteiger partial charge is 0.116 e. The second-order valence-electron chi connectivity index (χ2n) is 3.07. The maximum atomic E-state index is 4.31. The van der Waals surface area contributed by atoms with E-state index in [4.69, 9.17) is 0 Å². The van der Waals surface area contributed by atoms with Crippen molar-refractivity contribution in [1.82, 2.24) is 15.0 Å². The molecule has 14 heavy (non-hydrogen) atoms. The molecular weight excluding hydrogens is 174 g/mol. The average Bonchev–Trinajstić information content (AvgIpc) is 2.55. The van der Waals surface area contributed by atoms with E-state index in [9.17, 15) is 0 Å². The molecule has 0 saturated carbocycles. The molecule has 0 fully saturated rings. The van der Waals surface area contributed by atoms with E-state index in [1.165, 1.54) is 0 Å². The average molecular weight is 181 g/mol. The molecule has 0 saturated heterocycles. The molecule has 0 atom stereocenters. The first kappa shape index (κ1) is 7.38. The summed E-state index contributed by atoms with van der Waals surface area (Å²) in [6, 6.07) is 9.79. The zero-order chi connectivity index (χ0) is 9.38. The summed E-state index contributed by atoms with van der Waals surface area (Å²) in [5.74, 6) is 0. The zero-order valence-corrected chi connectivity index (χ0v) is 7.38. The monoisotopic (exact) mass is 181 g/mol. The first-order valence-corrected chi connectivity index (χ1v) is 4.39. The highest BCUT2D eigenvalue weighted by Gasteiger charge is 2.01. The van der Waals surface area contributed by atoms with E-state index in [1.807, 2.05) is 30.3 Å². The van der Waals surface area contributed by atoms with Crippen LogP contribution in [0.1, 0.15) is 0 Å². The van der Waals surface area contributed by atoms with Crippen LogP contribution < -0.4 is 0 Å². The Hall–Kier alpha value is -2.03. The van der Waals surface area contributed by atoms with Crippen LogP contribution in [0.15, 0.2) is 42.9 Å². The molecule has 3 rings (SSSR count). The van der Waals surface area contributed by atoms with Gasteiger partial charge in [0.25, 0.3) is 0 Å². The highest BCUT2D eigenvalue weighted by molar-refractivity contribution is 6.01. The molecule has 0 amide bonds. The normalized spacial score (nSPS) is 10.9. The Morgan fingerprint density at radius 1 is 0.786 bits per heavy atom. The van der Waals surface area contributed by atoms with E-state index in [2.05, 4.69) is 15.0 Å². The molecule has 0 bridgehead atoms. The van der Waals surface area contributed by atoms with Gasteiger partial charge in [-0.2, -0.15) is 0 Å². The third-order valence-electron chi connectivity index (χ3n) is 2.23. The van der Waals surface area contributed by atoms with E-state index < -0.39 is 0 Å². The van der Waals surface area contributed by atoms with E-state index in [-0.39, 0.29) is 0 Å². The standard InChI is InChI=1S/C11H7N3/c1-2-6-12-9-4-5-10-11(8(9)3-1)14-7-13-10/h1-7H. The van der Waals surface area contributed by atoms with Crippen molar-refractivity contribution >= 4 is 21.9 Å². The molecule has 3 heteroatoms. The summed E-state index contributed by atoms with van der Waals surface area (Å²) in [5.41, 5.74) is 2.79. The zero-order valence-electron chi connectivity index (χ0n) is 7.38. The van der Waals surface area contributed by atoms with Crippen LogP contribution in [0.3, 0.4) is 0 Å². The Bertz CT molecular complexity index is 604. The second-order valence-corrected chi connectivity index (χ2v) is 3.07. The van der Waals surface area contributed by atoms with E-state index in [0.29, 0.717) is 0 Å². The van der Waals surface area contributed by atoms with Gasteiger partial charge in [-0.15, -0.1) is 0 Å². The third kappa shape index (κ3) is 0.956. The predicted molar refractivity (Wildman–Crippen MR) is 54.8 cm³/mol. The van der Waals surface area contributed by atoms with Crippen molar-refractivity contribution in [2.45, 2.75) is 0 Å². The molecule has 66 valence electrons. The molecule has 0 aliphatic rings. The van der Waals surface area contributed by atoms with Crippen molar-refractivity contribution < 1.29 is 0 Å². The summed E-state index contributed by atoms with van der Waals surface area (Å²) in [4.78, 5) is 12.7. The Morgan fingerprint density at radius 2 is 1.71 bits per heavy atom. The largest absolute Gasteiger partial charge is 0.256 e. The lowest BCUT2D eigenvalue weighted by molar-refractivity contribution is 1.35. The number of hydrogen-bond acceptors (Lipinski definition) is 3. The van der Waals surface area contributed by atoms with Crippen LogP contribution in [0, 0.1) is 0 Å². The van der Waals surface area contributed by atoms with Gasteiger partial charge in [0.1, 0.15) is 6.33 Å². The fraction of sp³-hybridized carbons (Fsp3) is 0. The Morgan fingerprint density at radius 3 is 2.71 bits per heavy atom. The molecular formula is C11H7N3. The van der Waals surface area contributed by atoms with Crippen molar-refractivity contribution in [2.75, 3.05) is 0 Å². The van der Waals surface area contributed by atoms with Crippen molar-refractivity contribution in [1.29, 1.82) is 0 Å². The summed E-state index contributed by atoms with van der Waals surface area (Å²) in [7, 11) is 0. The lowest BCUT2D eigenvalue weighted by atomic mass is 10.2. The number of aromatic nitrogens is 3. The SMILES string of the molecule is c1ccc2c(ccc3ncnc32)nc1. The van der Waals surface area contributed by atoms with Crippen molar-refractivity contribution in [3.05, 3.63) is 42.9 Å². The number of rotatable bonds is 0. The predicted octanol–water partition coefficient (Wildman–Crippen LogP) is 2.18. The molecule has 0 unspecified atom stereocenters. The number of hydrogen-bond donors (Lipinski definition) is 0. The maximum absolute atomic E-state index is 4.31. The summed E-state index contributed by atoms with van der Waals surface area (Å²) < 4.78 is 0. The Balaban J connectivity index is 2.64.